The smallest absolute Gasteiger partial charge is 0.322 e. The average molecular weight is 376 g/mol. The zero-order valence-corrected chi connectivity index (χ0v) is 15.3. The van der Waals surface area contributed by atoms with Gasteiger partial charge in [-0.25, -0.2) is 4.98 Å². The molecule has 0 aliphatic rings. The number of aryl methyl sites for hydroxylation is 1. The monoisotopic (exact) mass is 376 g/mol. The highest BCUT2D eigenvalue weighted by molar-refractivity contribution is 7.09. The van der Waals surface area contributed by atoms with E-state index in [1.165, 1.54) is 44.8 Å². The Morgan fingerprint density at radius 1 is 1.12 bits per heavy atom. The fraction of sp³-hybridized carbons (Fsp3) is 0.250. The van der Waals surface area contributed by atoms with E-state index in [1.807, 2.05) is 6.92 Å². The van der Waals surface area contributed by atoms with Crippen molar-refractivity contribution in [2.75, 3.05) is 26.6 Å². The molecule has 0 radical (unpaired) electrons. The van der Waals surface area contributed by atoms with Crippen molar-refractivity contribution in [3.63, 3.8) is 0 Å². The number of carbonyl (C=O) groups is 1. The first-order valence-electron chi connectivity index (χ1n) is 7.43. The molecule has 0 aliphatic heterocycles. The first kappa shape index (κ1) is 17.7. The van der Waals surface area contributed by atoms with Crippen LogP contribution in [0.15, 0.2) is 21.9 Å². The Kier molecular flexibility index (Phi) is 5.03. The van der Waals surface area contributed by atoms with E-state index < -0.39 is 5.91 Å². The second kappa shape index (κ2) is 7.40. The number of methoxy groups -OCH3 is 3. The highest BCUT2D eigenvalue weighted by atomic mass is 32.1. The predicted octanol–water partition coefficient (Wildman–Crippen LogP) is 2.78. The summed E-state index contributed by atoms with van der Waals surface area (Å²) in [6, 6.07) is 3.01. The Morgan fingerprint density at radius 2 is 1.81 bits per heavy atom. The third-order valence-corrected chi connectivity index (χ3v) is 4.18. The van der Waals surface area contributed by atoms with E-state index in [4.69, 9.17) is 18.6 Å². The summed E-state index contributed by atoms with van der Waals surface area (Å²) in [5.41, 5.74) is 0.844. The van der Waals surface area contributed by atoms with Crippen molar-refractivity contribution in [2.45, 2.75) is 6.92 Å². The summed E-state index contributed by atoms with van der Waals surface area (Å²) in [5, 5.41) is 12.9. The maximum absolute atomic E-state index is 12.5. The molecule has 2 heterocycles. The fourth-order valence-electron chi connectivity index (χ4n) is 2.22. The first-order chi connectivity index (χ1) is 12.5. The van der Waals surface area contributed by atoms with Gasteiger partial charge in [-0.1, -0.05) is 5.10 Å². The third kappa shape index (κ3) is 3.45. The molecule has 0 bridgehead atoms. The van der Waals surface area contributed by atoms with Crippen LogP contribution in [0.25, 0.3) is 11.6 Å². The van der Waals surface area contributed by atoms with Crippen LogP contribution < -0.4 is 19.5 Å². The molecular formula is C16H16N4O5S. The molecule has 1 N–H and O–H groups in total. The molecule has 0 fully saturated rings. The number of ether oxygens (including phenoxy) is 3. The number of hydrogen-bond donors (Lipinski definition) is 1. The molecule has 0 unspecified atom stereocenters. The van der Waals surface area contributed by atoms with Gasteiger partial charge in [-0.3, -0.25) is 10.1 Å². The Labute approximate surface area is 152 Å². The number of hydrogen-bond acceptors (Lipinski definition) is 9. The fourth-order valence-corrected chi connectivity index (χ4v) is 2.81. The molecule has 3 rings (SSSR count). The van der Waals surface area contributed by atoms with Gasteiger partial charge in [0.15, 0.2) is 11.5 Å². The molecule has 0 saturated heterocycles. The summed E-state index contributed by atoms with van der Waals surface area (Å²) in [6.45, 7) is 1.87. The zero-order valence-electron chi connectivity index (χ0n) is 14.5. The Morgan fingerprint density at radius 3 is 2.35 bits per heavy atom. The highest BCUT2D eigenvalue weighted by Gasteiger charge is 2.19. The maximum Gasteiger partial charge on any atom is 0.322 e. The minimum atomic E-state index is -0.464. The Bertz CT molecular complexity index is 911. The lowest BCUT2D eigenvalue weighted by Crippen LogP contribution is -2.13. The minimum Gasteiger partial charge on any atom is -0.493 e. The van der Waals surface area contributed by atoms with Crippen LogP contribution in [0.2, 0.25) is 0 Å². The van der Waals surface area contributed by atoms with Gasteiger partial charge in [-0.15, -0.1) is 16.4 Å². The van der Waals surface area contributed by atoms with Crippen molar-refractivity contribution < 1.29 is 23.4 Å². The lowest BCUT2D eigenvalue weighted by Gasteiger charge is -2.13. The van der Waals surface area contributed by atoms with Crippen LogP contribution in [0.3, 0.4) is 0 Å². The molecule has 3 aromatic rings. The van der Waals surface area contributed by atoms with Gasteiger partial charge in [-0.2, -0.15) is 0 Å². The summed E-state index contributed by atoms with van der Waals surface area (Å²) in [6.07, 6.45) is 0. The van der Waals surface area contributed by atoms with Crippen LogP contribution in [0, 0.1) is 6.92 Å². The minimum absolute atomic E-state index is 0.0376. The number of benzene rings is 1. The molecule has 0 saturated carbocycles. The van der Waals surface area contributed by atoms with E-state index >= 15 is 0 Å². The number of nitrogens with one attached hydrogen (secondary N) is 1. The predicted molar refractivity (Wildman–Crippen MR) is 94.2 cm³/mol. The van der Waals surface area contributed by atoms with E-state index in [-0.39, 0.29) is 17.5 Å². The summed E-state index contributed by atoms with van der Waals surface area (Å²) in [7, 11) is 4.43. The molecule has 26 heavy (non-hydrogen) atoms. The van der Waals surface area contributed by atoms with Crippen LogP contribution in [-0.4, -0.2) is 42.4 Å². The molecule has 2 aromatic heterocycles. The lowest BCUT2D eigenvalue weighted by molar-refractivity contribution is 0.102. The molecular weight excluding hydrogens is 360 g/mol. The molecule has 1 amide bonds. The van der Waals surface area contributed by atoms with Crippen molar-refractivity contribution in [1.82, 2.24) is 15.2 Å². The molecule has 136 valence electrons. The van der Waals surface area contributed by atoms with E-state index in [2.05, 4.69) is 20.5 Å². The molecule has 10 heteroatoms. The quantitative estimate of drug-likeness (QED) is 0.699. The van der Waals surface area contributed by atoms with Gasteiger partial charge in [0.25, 0.3) is 11.8 Å². The van der Waals surface area contributed by atoms with Gasteiger partial charge in [0, 0.05) is 10.9 Å². The van der Waals surface area contributed by atoms with E-state index in [0.717, 1.165) is 5.01 Å². The number of aromatic nitrogens is 3. The normalized spacial score (nSPS) is 10.5. The maximum atomic E-state index is 12.5. The van der Waals surface area contributed by atoms with E-state index in [1.54, 1.807) is 5.38 Å². The second-order valence-electron chi connectivity index (χ2n) is 5.03. The van der Waals surface area contributed by atoms with Gasteiger partial charge >= 0.3 is 6.01 Å². The summed E-state index contributed by atoms with van der Waals surface area (Å²) in [5.74, 6) is 0.885. The van der Waals surface area contributed by atoms with Gasteiger partial charge < -0.3 is 18.6 Å². The molecule has 9 nitrogen and oxygen atoms in total. The molecule has 0 atom stereocenters. The van der Waals surface area contributed by atoms with Gasteiger partial charge in [0.1, 0.15) is 5.69 Å². The summed E-state index contributed by atoms with van der Waals surface area (Å²) >= 11 is 1.47. The number of nitrogens with zero attached hydrogens (tertiary/aromatic N) is 3. The second-order valence-corrected chi connectivity index (χ2v) is 6.09. The number of anilines is 1. The number of carbonyl (C=O) groups excluding carboxylic acids is 1. The Hall–Kier alpha value is -3.14. The van der Waals surface area contributed by atoms with Crippen LogP contribution in [0.4, 0.5) is 6.01 Å². The van der Waals surface area contributed by atoms with Gasteiger partial charge in [0.05, 0.1) is 26.3 Å². The zero-order chi connectivity index (χ0) is 18.7. The highest BCUT2D eigenvalue weighted by Crippen LogP contribution is 2.38. The molecule has 1 aromatic carbocycles. The van der Waals surface area contributed by atoms with Crippen molar-refractivity contribution in [3.05, 3.63) is 28.1 Å². The first-order valence-corrected chi connectivity index (χ1v) is 8.31. The van der Waals surface area contributed by atoms with Crippen LogP contribution in [-0.2, 0) is 0 Å². The summed E-state index contributed by atoms with van der Waals surface area (Å²) in [4.78, 5) is 16.8. The summed E-state index contributed by atoms with van der Waals surface area (Å²) < 4.78 is 21.2. The third-order valence-electron chi connectivity index (χ3n) is 3.41. The van der Waals surface area contributed by atoms with Crippen molar-refractivity contribution >= 4 is 23.3 Å². The van der Waals surface area contributed by atoms with Crippen molar-refractivity contribution in [3.8, 4) is 28.8 Å². The SMILES string of the molecule is COc1cc(C(=O)Nc2nnc(-c3csc(C)n3)o2)cc(OC)c1OC. The van der Waals surface area contributed by atoms with Crippen LogP contribution in [0.5, 0.6) is 17.2 Å². The van der Waals surface area contributed by atoms with Gasteiger partial charge in [-0.05, 0) is 19.1 Å². The topological polar surface area (TPSA) is 109 Å². The van der Waals surface area contributed by atoms with Crippen LogP contribution >= 0.6 is 11.3 Å². The molecule has 0 aliphatic carbocycles. The van der Waals surface area contributed by atoms with E-state index in [0.29, 0.717) is 22.9 Å². The molecule has 0 spiro atoms. The largest absolute Gasteiger partial charge is 0.493 e. The number of amides is 1. The van der Waals surface area contributed by atoms with Crippen molar-refractivity contribution in [2.24, 2.45) is 0 Å². The van der Waals surface area contributed by atoms with Crippen LogP contribution in [0.1, 0.15) is 15.4 Å². The number of rotatable bonds is 6. The van der Waals surface area contributed by atoms with E-state index in [9.17, 15) is 4.79 Å². The lowest BCUT2D eigenvalue weighted by atomic mass is 10.1. The Balaban J connectivity index is 1.83. The van der Waals surface area contributed by atoms with Crippen molar-refractivity contribution in [1.29, 1.82) is 0 Å². The van der Waals surface area contributed by atoms with Gasteiger partial charge in [0.2, 0.25) is 5.75 Å². The average Bonchev–Trinajstić information content (AvgIpc) is 3.29. The number of thiazole rings is 1. The standard InChI is InChI=1S/C16H16N4O5S/c1-8-17-10(7-26-8)15-19-20-16(25-15)18-14(21)9-5-11(22-2)13(24-4)12(6-9)23-3/h5-7H,1-4H3,(H,18,20,21).